The summed E-state index contributed by atoms with van der Waals surface area (Å²) < 4.78 is 17.4. The first kappa shape index (κ1) is 34.8. The number of halogens is 1. The summed E-state index contributed by atoms with van der Waals surface area (Å²) in [6, 6.07) is 17.9. The highest BCUT2D eigenvalue weighted by molar-refractivity contribution is 7.58. The topological polar surface area (TPSA) is 96.3 Å². The maximum absolute atomic E-state index is 13.3. The molecule has 0 radical (unpaired) electrons. The van der Waals surface area contributed by atoms with E-state index in [4.69, 9.17) is 31.3 Å². The summed E-state index contributed by atoms with van der Waals surface area (Å²) in [6.07, 6.45) is 3.10. The van der Waals surface area contributed by atoms with Gasteiger partial charge in [-0.1, -0.05) is 48.0 Å². The number of fused-ring (bicyclic) bond motifs is 2. The number of aryl methyl sites for hydroxylation is 6. The first-order valence-electron chi connectivity index (χ1n) is 16.5. The number of phenolic OH excluding ortho intramolecular Hbond substituents is 1. The van der Waals surface area contributed by atoms with E-state index < -0.39 is 0 Å². The Balaban J connectivity index is 1.24. The summed E-state index contributed by atoms with van der Waals surface area (Å²) in [7, 11) is 7.67. The fourth-order valence-electron chi connectivity index (χ4n) is 6.89. The van der Waals surface area contributed by atoms with Crippen molar-refractivity contribution in [2.45, 2.75) is 45.8 Å². The van der Waals surface area contributed by atoms with Crippen LogP contribution in [0.5, 0.6) is 5.75 Å². The van der Waals surface area contributed by atoms with Gasteiger partial charge in [0, 0.05) is 68.1 Å². The lowest BCUT2D eigenvalue weighted by atomic mass is 9.98. The van der Waals surface area contributed by atoms with Crippen LogP contribution in [-0.4, -0.2) is 55.1 Å². The van der Waals surface area contributed by atoms with E-state index in [0.29, 0.717) is 24.0 Å². The van der Waals surface area contributed by atoms with Crippen molar-refractivity contribution >= 4 is 47.4 Å². The largest absolute Gasteiger partial charge is 0.507 e. The molecule has 11 heteroatoms. The molecule has 0 saturated heterocycles. The maximum atomic E-state index is 13.3. The number of methoxy groups -OCH3 is 1. The lowest BCUT2D eigenvalue weighted by molar-refractivity contribution is 0.101. The van der Waals surface area contributed by atoms with Crippen LogP contribution in [0, 0.1) is 6.92 Å². The van der Waals surface area contributed by atoms with Crippen molar-refractivity contribution in [3.63, 3.8) is 0 Å². The Bertz CT molecular complexity index is 2170. The van der Waals surface area contributed by atoms with Gasteiger partial charge in [-0.05, 0) is 82.6 Å². The Morgan fingerprint density at radius 2 is 1.73 bits per heavy atom. The predicted octanol–water partition coefficient (Wildman–Crippen LogP) is 7.66. The summed E-state index contributed by atoms with van der Waals surface area (Å²) in [5.74, 6) is 0.304. The van der Waals surface area contributed by atoms with Gasteiger partial charge in [0.1, 0.15) is 5.75 Å². The van der Waals surface area contributed by atoms with Gasteiger partial charge >= 0.3 is 0 Å². The number of aromatic nitrogens is 5. The number of hydrogen-bond acceptors (Lipinski definition) is 6. The Morgan fingerprint density at radius 1 is 0.939 bits per heavy atom. The van der Waals surface area contributed by atoms with Crippen LogP contribution in [0.4, 0.5) is 0 Å². The zero-order chi connectivity index (χ0) is 34.8. The first-order valence-corrected chi connectivity index (χ1v) is 18.3. The van der Waals surface area contributed by atoms with Gasteiger partial charge in [-0.3, -0.25) is 14.2 Å². The smallest absolute Gasteiger partial charge is 0.197 e. The Hall–Kier alpha value is -4.01. The Morgan fingerprint density at radius 3 is 2.51 bits per heavy atom. The fraction of sp³-hybridized carbons (Fsp3) is 0.342. The van der Waals surface area contributed by atoms with E-state index in [2.05, 4.69) is 12.1 Å². The third-order valence-electron chi connectivity index (χ3n) is 9.37. The molecule has 1 unspecified atom stereocenters. The second-order valence-electron chi connectivity index (χ2n) is 12.5. The lowest BCUT2D eigenvalue weighted by Gasteiger charge is -2.12. The number of carbonyl (C=O) groups excluding carboxylic acids is 1. The highest BCUT2D eigenvalue weighted by atomic mass is 35.5. The van der Waals surface area contributed by atoms with Crippen molar-refractivity contribution < 1.29 is 19.4 Å². The SMILES string of the molecule is COCCCc1c(C(=O)PC)n(C)c2c(-c3c(COCc4cc(CCc5cc(O)c6ccccc6c5)n(C)n4)nn(C)c3C)c(Cl)ccc12. The van der Waals surface area contributed by atoms with Crippen molar-refractivity contribution in [2.75, 3.05) is 20.4 Å². The van der Waals surface area contributed by atoms with Crippen LogP contribution >= 0.6 is 20.2 Å². The first-order chi connectivity index (χ1) is 23.6. The van der Waals surface area contributed by atoms with Crippen LogP contribution in [0.2, 0.25) is 5.02 Å². The molecular weight excluding hydrogens is 657 g/mol. The van der Waals surface area contributed by atoms with Gasteiger partial charge < -0.3 is 19.1 Å². The summed E-state index contributed by atoms with van der Waals surface area (Å²) in [5, 5.41) is 23.6. The van der Waals surface area contributed by atoms with E-state index in [0.717, 1.165) is 98.1 Å². The molecule has 9 nitrogen and oxygen atoms in total. The molecule has 0 aliphatic heterocycles. The fourth-order valence-corrected chi connectivity index (χ4v) is 7.69. The van der Waals surface area contributed by atoms with E-state index in [-0.39, 0.29) is 20.7 Å². The summed E-state index contributed by atoms with van der Waals surface area (Å²) in [5.41, 5.74) is 9.33. The average molecular weight is 700 g/mol. The van der Waals surface area contributed by atoms with Gasteiger partial charge in [0.05, 0.1) is 40.8 Å². The van der Waals surface area contributed by atoms with Crippen molar-refractivity contribution in [3.8, 4) is 16.9 Å². The van der Waals surface area contributed by atoms with Crippen LogP contribution in [0.3, 0.4) is 0 Å². The zero-order valence-electron chi connectivity index (χ0n) is 28.9. The third-order valence-corrected chi connectivity index (χ3v) is 10.4. The molecule has 6 aromatic rings. The third kappa shape index (κ3) is 6.90. The maximum Gasteiger partial charge on any atom is 0.197 e. The molecule has 3 heterocycles. The molecule has 0 aliphatic carbocycles. The summed E-state index contributed by atoms with van der Waals surface area (Å²) in [4.78, 5) is 13.3. The number of ether oxygens (including phenoxy) is 2. The van der Waals surface area contributed by atoms with Gasteiger partial charge in [-0.15, -0.1) is 0 Å². The van der Waals surface area contributed by atoms with Gasteiger partial charge in [0.2, 0.25) is 0 Å². The summed E-state index contributed by atoms with van der Waals surface area (Å²) >= 11 is 7.01. The van der Waals surface area contributed by atoms with Crippen LogP contribution in [0.25, 0.3) is 32.8 Å². The molecule has 0 spiro atoms. The van der Waals surface area contributed by atoms with E-state index in [1.807, 2.05) is 91.1 Å². The molecule has 0 fully saturated rings. The Kier molecular flexibility index (Phi) is 10.6. The van der Waals surface area contributed by atoms with Gasteiger partial charge in [-0.25, -0.2) is 0 Å². The number of nitrogens with zero attached hydrogens (tertiary/aromatic N) is 5. The number of hydrogen-bond donors (Lipinski definition) is 1. The summed E-state index contributed by atoms with van der Waals surface area (Å²) in [6.45, 7) is 5.16. The molecule has 3 aromatic carbocycles. The van der Waals surface area contributed by atoms with Crippen molar-refractivity contribution in [1.29, 1.82) is 0 Å². The molecule has 6 rings (SSSR count). The number of benzene rings is 3. The number of aromatic hydroxyl groups is 1. The minimum absolute atomic E-state index is 0.129. The quantitative estimate of drug-likeness (QED) is 0.0927. The highest BCUT2D eigenvalue weighted by Crippen LogP contribution is 2.42. The minimum atomic E-state index is 0.129. The molecule has 256 valence electrons. The van der Waals surface area contributed by atoms with Crippen LogP contribution in [0.15, 0.2) is 54.6 Å². The van der Waals surface area contributed by atoms with Gasteiger partial charge in [-0.2, -0.15) is 10.2 Å². The van der Waals surface area contributed by atoms with Crippen LogP contribution in [-0.2, 0) is 63.1 Å². The second kappa shape index (κ2) is 14.9. The predicted molar refractivity (Wildman–Crippen MR) is 198 cm³/mol. The minimum Gasteiger partial charge on any atom is -0.507 e. The van der Waals surface area contributed by atoms with Crippen molar-refractivity contribution in [3.05, 3.63) is 99.2 Å². The number of phenols is 1. The van der Waals surface area contributed by atoms with Crippen molar-refractivity contribution in [1.82, 2.24) is 24.1 Å². The average Bonchev–Trinajstić information content (AvgIpc) is 3.69. The zero-order valence-corrected chi connectivity index (χ0v) is 30.7. The molecule has 0 saturated carbocycles. The van der Waals surface area contributed by atoms with E-state index >= 15 is 0 Å². The highest BCUT2D eigenvalue weighted by Gasteiger charge is 2.27. The van der Waals surface area contributed by atoms with Gasteiger partial charge in [0.25, 0.3) is 0 Å². The van der Waals surface area contributed by atoms with Gasteiger partial charge in [0.15, 0.2) is 5.52 Å². The van der Waals surface area contributed by atoms with E-state index in [1.165, 1.54) is 0 Å². The molecule has 0 bridgehead atoms. The molecular formula is C38H43ClN5O4P. The standard InChI is InChI=1S/C38H43ClN5O4P/c1-23-34(35-31(39)16-15-30-29(12-9-17-47-5)37(38(46)49-6)42(2)36(30)35)32(41-43(23)3)22-48-21-26-20-27(44(4)40-26)14-13-24-18-25-10-7-8-11-28(25)33(45)19-24/h7-8,10-11,15-16,18-20,45,49H,9,12-14,17,21-22H2,1-6H3. The number of rotatable bonds is 14. The second-order valence-corrected chi connectivity index (χ2v) is 13.9. The normalized spacial score (nSPS) is 12.0. The lowest BCUT2D eigenvalue weighted by Crippen LogP contribution is -2.05. The number of carbonyl (C=O) groups is 1. The Labute approximate surface area is 293 Å². The molecule has 3 aromatic heterocycles. The van der Waals surface area contributed by atoms with E-state index in [1.54, 1.807) is 7.11 Å². The molecule has 0 aliphatic rings. The molecule has 0 amide bonds. The molecule has 49 heavy (non-hydrogen) atoms. The van der Waals surface area contributed by atoms with Crippen molar-refractivity contribution in [2.24, 2.45) is 21.1 Å². The van der Waals surface area contributed by atoms with Crippen LogP contribution < -0.4 is 0 Å². The van der Waals surface area contributed by atoms with E-state index in [9.17, 15) is 9.90 Å². The van der Waals surface area contributed by atoms with Crippen LogP contribution in [0.1, 0.15) is 50.8 Å². The molecule has 1 N–H and O–H groups in total. The molecule has 1 atom stereocenters. The monoisotopic (exact) mass is 699 g/mol.